The summed E-state index contributed by atoms with van der Waals surface area (Å²) in [5, 5.41) is 2.83. The average molecular weight is 1200 g/mol. The first-order valence-electron chi connectivity index (χ1n) is 6.90. The molecule has 1 amide bonds. The first-order chi connectivity index (χ1) is 9.84. The van der Waals surface area contributed by atoms with Gasteiger partial charge in [-0.25, -0.2) is 0 Å². The molecule has 3 N–H and O–H groups in total. The van der Waals surface area contributed by atoms with Crippen LogP contribution < -0.4 is 11.1 Å². The van der Waals surface area contributed by atoms with Crippen LogP contribution in [0.3, 0.4) is 0 Å². The Morgan fingerprint density at radius 2 is 1.15 bits per heavy atom. The summed E-state index contributed by atoms with van der Waals surface area (Å²) in [6.07, 6.45) is 0. The van der Waals surface area contributed by atoms with Crippen molar-refractivity contribution >= 4 is 17.3 Å². The number of amides is 1. The number of benzene rings is 2. The Hall–Kier alpha value is 1.15. The second kappa shape index (κ2) is 15.1. The van der Waals surface area contributed by atoms with Crippen LogP contribution in [0.1, 0.15) is 38.2 Å². The Labute approximate surface area is 228 Å². The van der Waals surface area contributed by atoms with E-state index in [0.717, 1.165) is 22.3 Å². The van der Waals surface area contributed by atoms with Crippen LogP contribution in [0.5, 0.6) is 0 Å². The maximum absolute atomic E-state index is 12.6. The molecule has 26 heavy (non-hydrogen) atoms. The van der Waals surface area contributed by atoms with Crippen molar-refractivity contribution < 1.29 is 110 Å². The topological polar surface area (TPSA) is 55.1 Å². The number of nitrogen functional groups attached to an aromatic ring is 1. The molecule has 0 saturated carbocycles. The molecule has 0 radical (unpaired) electrons. The van der Waals surface area contributed by atoms with Crippen molar-refractivity contribution in [2.75, 3.05) is 11.1 Å². The fourth-order valence-corrected chi connectivity index (χ4v) is 2.53. The van der Waals surface area contributed by atoms with E-state index in [1.54, 1.807) is 12.1 Å². The minimum atomic E-state index is -0.154. The Morgan fingerprint density at radius 3 is 1.58 bits per heavy atom. The van der Waals surface area contributed by atoms with E-state index in [-0.39, 0.29) is 111 Å². The Morgan fingerprint density at radius 1 is 0.769 bits per heavy atom. The smallest absolute Gasteiger partial charge is 0.243 e. The van der Waals surface area contributed by atoms with E-state index in [1.807, 2.05) is 27.7 Å². The molecule has 0 spiro atoms. The number of nitrogens with two attached hydrogens (primary N) is 1. The van der Waals surface area contributed by atoms with E-state index >= 15 is 0 Å². The monoisotopic (exact) mass is 1200 g/mol. The predicted octanol–water partition coefficient (Wildman–Crippen LogP) is 3.65. The number of nitrogens with one attached hydrogen (secondary N) is 1. The van der Waals surface area contributed by atoms with Gasteiger partial charge < -0.3 is 11.1 Å². The molecule has 0 atom stereocenters. The van der Waals surface area contributed by atoms with E-state index < -0.39 is 0 Å². The summed E-state index contributed by atoms with van der Waals surface area (Å²) in [5.41, 5.74) is 12.9. The second-order valence-corrected chi connectivity index (χ2v) is 5.36. The Kier molecular flexibility index (Phi) is 20.1. The van der Waals surface area contributed by atoms with E-state index in [9.17, 15) is 4.79 Å². The van der Waals surface area contributed by atoms with Gasteiger partial charge in [0.15, 0.2) is 0 Å². The van der Waals surface area contributed by atoms with Crippen LogP contribution in [-0.4, -0.2) is 5.91 Å². The molecule has 0 aromatic heterocycles. The number of hydrogen-bond acceptors (Lipinski definition) is 2. The number of rotatable bonds is 2. The van der Waals surface area contributed by atoms with Gasteiger partial charge in [-0.1, -0.05) is 0 Å². The third-order valence-corrected chi connectivity index (χ3v) is 4.28. The number of anilines is 2. The van der Waals surface area contributed by atoms with Crippen molar-refractivity contribution in [3.05, 3.63) is 57.6 Å². The molecule has 0 saturated heterocycles. The molecule has 3 nitrogen and oxygen atoms in total. The van der Waals surface area contributed by atoms with Gasteiger partial charge in [0.2, 0.25) is 5.91 Å². The average Bonchev–Trinajstić information content (AvgIpc) is 2.46. The molecule has 0 aliphatic rings. The van der Waals surface area contributed by atoms with Gasteiger partial charge in [0, 0.05) is 111 Å². The number of carbonyl (C=O) groups is 1. The first-order valence-corrected chi connectivity index (χ1v) is 6.90. The molecular formula is C18H20N2OW5-2. The Bertz CT molecular complexity index is 707. The molecule has 0 aliphatic carbocycles. The summed E-state index contributed by atoms with van der Waals surface area (Å²) < 4.78 is 0. The van der Waals surface area contributed by atoms with Gasteiger partial charge in [0.25, 0.3) is 0 Å². The molecule has 140 valence electrons. The minimum absolute atomic E-state index is 0. The predicted molar refractivity (Wildman–Crippen MR) is 86.6 cm³/mol. The molecule has 0 aliphatic heterocycles. The van der Waals surface area contributed by atoms with E-state index in [2.05, 4.69) is 24.4 Å². The van der Waals surface area contributed by atoms with Crippen LogP contribution in [0.25, 0.3) is 0 Å². The van der Waals surface area contributed by atoms with Gasteiger partial charge in [-0.3, -0.25) is 29.1 Å². The van der Waals surface area contributed by atoms with E-state index in [1.165, 1.54) is 5.56 Å². The third kappa shape index (κ3) is 7.53. The molecule has 0 bridgehead atoms. The maximum Gasteiger partial charge on any atom is 0.243 e. The van der Waals surface area contributed by atoms with Crippen molar-refractivity contribution in [3.8, 4) is 0 Å². The molecule has 2 rings (SSSR count). The second-order valence-electron chi connectivity index (χ2n) is 5.36. The van der Waals surface area contributed by atoms with Gasteiger partial charge in [-0.05, 0) is 62.4 Å². The fourth-order valence-electron chi connectivity index (χ4n) is 2.53. The molecule has 2 aromatic carbocycles. The van der Waals surface area contributed by atoms with Crippen LogP contribution in [0.15, 0.2) is 12.1 Å². The summed E-state index contributed by atoms with van der Waals surface area (Å²) in [5.74, 6) is -0.154. The Balaban J connectivity index is -0.000000484. The summed E-state index contributed by atoms with van der Waals surface area (Å²) in [4.78, 5) is 12.6. The molecule has 2 aromatic rings. The zero-order valence-electron chi connectivity index (χ0n) is 15.2. The summed E-state index contributed by atoms with van der Waals surface area (Å²) in [6, 6.07) is 9.12. The van der Waals surface area contributed by atoms with E-state index in [4.69, 9.17) is 5.73 Å². The van der Waals surface area contributed by atoms with Gasteiger partial charge in [-0.15, -0.1) is 0 Å². The standard InChI is InChI=1S/C18H20N2O.5W/c1-10-11(2)13(4)17(14(5)12(10)3)18(21)20-16-9-7-6-8-15(16)19;;;;;/h6-7H,19H2,1-5H3,(H,20,21);;;;;/q-2;;;;;. The molecular weight excluding hydrogens is 1180 g/mol. The van der Waals surface area contributed by atoms with Crippen molar-refractivity contribution in [2.45, 2.75) is 34.6 Å². The van der Waals surface area contributed by atoms with Crippen LogP contribution >= 0.6 is 0 Å². The third-order valence-electron chi connectivity index (χ3n) is 4.28. The van der Waals surface area contributed by atoms with Gasteiger partial charge in [0.05, 0.1) is 0 Å². The number of hydrogen-bond donors (Lipinski definition) is 2. The van der Waals surface area contributed by atoms with Crippen molar-refractivity contribution in [1.29, 1.82) is 0 Å². The molecule has 0 fully saturated rings. The minimum Gasteiger partial charge on any atom is -0.470 e. The normalized spacial score (nSPS) is 8.50. The van der Waals surface area contributed by atoms with Crippen molar-refractivity contribution in [2.24, 2.45) is 0 Å². The number of carbonyl (C=O) groups excluding carboxylic acids is 1. The fraction of sp³-hybridized carbons (Fsp3) is 0.278. The van der Waals surface area contributed by atoms with Crippen molar-refractivity contribution in [1.82, 2.24) is 0 Å². The zero-order valence-corrected chi connectivity index (χ0v) is 29.8. The molecule has 8 heteroatoms. The van der Waals surface area contributed by atoms with Crippen LogP contribution in [0, 0.1) is 46.8 Å². The van der Waals surface area contributed by atoms with Crippen LogP contribution in [0.2, 0.25) is 0 Å². The molecule has 0 unspecified atom stereocenters. The summed E-state index contributed by atoms with van der Waals surface area (Å²) in [7, 11) is 0. The van der Waals surface area contributed by atoms with Gasteiger partial charge in [-0.2, -0.15) is 11.4 Å². The summed E-state index contributed by atoms with van der Waals surface area (Å²) >= 11 is 0. The van der Waals surface area contributed by atoms with Crippen LogP contribution in [0.4, 0.5) is 11.4 Å². The van der Waals surface area contributed by atoms with E-state index in [0.29, 0.717) is 16.9 Å². The van der Waals surface area contributed by atoms with Gasteiger partial charge in [0.1, 0.15) is 0 Å². The van der Waals surface area contributed by atoms with Crippen molar-refractivity contribution in [3.63, 3.8) is 0 Å². The maximum atomic E-state index is 12.6. The quantitative estimate of drug-likeness (QED) is 0.357. The largest absolute Gasteiger partial charge is 0.470 e. The van der Waals surface area contributed by atoms with Crippen LogP contribution in [-0.2, 0) is 105 Å². The summed E-state index contributed by atoms with van der Waals surface area (Å²) in [6.45, 7) is 10.1. The first kappa shape index (κ1) is 34.6. The zero-order chi connectivity index (χ0) is 15.7. The van der Waals surface area contributed by atoms with Gasteiger partial charge >= 0.3 is 0 Å². The SMILES string of the molecule is Cc1c(C)c(C)c(C(=O)Nc2[c-]cc[c-]c2N)c(C)c1C.[W].[W].[W].[W].[W]. The molecule has 0 heterocycles.